The molecule has 1 unspecified atom stereocenters. The highest BCUT2D eigenvalue weighted by Crippen LogP contribution is 3.02. The molecule has 32 heavy (non-hydrogen) atoms. The van der Waals surface area contributed by atoms with Crippen LogP contribution in [0, 0.1) is 0 Å². The Labute approximate surface area is 180 Å². The first-order valence-electron chi connectivity index (χ1n) is 9.53. The van der Waals surface area contributed by atoms with Gasteiger partial charge in [-0.05, 0) is 23.8 Å². The van der Waals surface area contributed by atoms with Gasteiger partial charge in [-0.2, -0.15) is 0 Å². The van der Waals surface area contributed by atoms with Gasteiger partial charge >= 0.3 is 10.2 Å². The number of amidine groups is 1. The monoisotopic (exact) mass is 474 g/mol. The highest BCUT2D eigenvalue weighted by Gasteiger charge is 2.66. The van der Waals surface area contributed by atoms with E-state index >= 15 is 0 Å². The number of fused-ring (bicyclic) bond motifs is 1. The molecule has 1 saturated heterocycles. The summed E-state index contributed by atoms with van der Waals surface area (Å²) in [6, 6.07) is 8.19. The van der Waals surface area contributed by atoms with Crippen molar-refractivity contribution in [1.29, 1.82) is 0 Å². The largest absolute Gasteiger partial charge is 0.493 e. The maximum atomic E-state index is 13.3. The normalized spacial score (nSPS) is 20.3. The van der Waals surface area contributed by atoms with Gasteiger partial charge in [0.2, 0.25) is 5.91 Å². The first-order valence-corrected chi connectivity index (χ1v) is 11.5. The van der Waals surface area contributed by atoms with E-state index < -0.39 is 27.3 Å². The van der Waals surface area contributed by atoms with E-state index in [4.69, 9.17) is 9.47 Å². The number of nitrogens with zero attached hydrogens (tertiary/aromatic N) is 1. The van der Waals surface area contributed by atoms with Gasteiger partial charge in [0.1, 0.15) is 17.3 Å². The molecule has 0 bridgehead atoms. The molecule has 172 valence electrons. The number of carbonyl (C=O) groups is 1. The molecule has 2 heterocycles. The molecule has 1 N–H and O–H groups in total. The fourth-order valence-electron chi connectivity index (χ4n) is 3.79. The van der Waals surface area contributed by atoms with Crippen molar-refractivity contribution in [2.75, 3.05) is 13.7 Å². The minimum Gasteiger partial charge on any atom is -0.493 e. The first kappa shape index (κ1) is 22.1. The number of rotatable bonds is 6. The standard InChI is InChI=1S/C21H19F5N2O3S/c1-30-18-10-13(16-11-20(29)28-21-15(16)8-9-27-21)6-7-17(18)31-12-14-4-2-3-5-19(14)32(22,23,24,25)26/h2-8,10,16H,9,11-12H2,1H3,(H,27,28,29). The summed E-state index contributed by atoms with van der Waals surface area (Å²) in [7, 11) is -8.52. The number of aliphatic imine (C=N–C) groups is 1. The lowest BCUT2D eigenvalue weighted by atomic mass is 9.85. The van der Waals surface area contributed by atoms with Crippen LogP contribution < -0.4 is 14.8 Å². The first-order chi connectivity index (χ1) is 14.9. The van der Waals surface area contributed by atoms with Crippen molar-refractivity contribution in [3.63, 3.8) is 0 Å². The average Bonchev–Trinajstić information content (AvgIpc) is 3.18. The van der Waals surface area contributed by atoms with Crippen molar-refractivity contribution >= 4 is 22.0 Å². The van der Waals surface area contributed by atoms with E-state index in [-0.39, 0.29) is 29.7 Å². The summed E-state index contributed by atoms with van der Waals surface area (Å²) in [5.74, 6) is 0.373. The average molecular weight is 474 g/mol. The van der Waals surface area contributed by atoms with E-state index in [1.165, 1.54) is 19.2 Å². The molecule has 5 nitrogen and oxygen atoms in total. The van der Waals surface area contributed by atoms with Gasteiger partial charge in [0.05, 0.1) is 13.7 Å². The van der Waals surface area contributed by atoms with E-state index in [9.17, 15) is 24.2 Å². The van der Waals surface area contributed by atoms with Crippen molar-refractivity contribution in [2.24, 2.45) is 4.99 Å². The van der Waals surface area contributed by atoms with Crippen LogP contribution in [0.1, 0.15) is 23.5 Å². The Morgan fingerprint density at radius 1 is 1.09 bits per heavy atom. The number of halogens is 5. The van der Waals surface area contributed by atoms with Gasteiger partial charge in [-0.1, -0.05) is 49.8 Å². The highest BCUT2D eigenvalue weighted by atomic mass is 32.5. The van der Waals surface area contributed by atoms with E-state index in [0.29, 0.717) is 18.4 Å². The van der Waals surface area contributed by atoms with Gasteiger partial charge in [0.25, 0.3) is 0 Å². The van der Waals surface area contributed by atoms with Gasteiger partial charge in [-0.25, -0.2) is 0 Å². The van der Waals surface area contributed by atoms with Gasteiger partial charge in [0.15, 0.2) is 11.5 Å². The van der Waals surface area contributed by atoms with Crippen molar-refractivity contribution in [3.05, 3.63) is 65.2 Å². The van der Waals surface area contributed by atoms with Crippen LogP contribution in [0.25, 0.3) is 0 Å². The third-order valence-corrected chi connectivity index (χ3v) is 6.45. The number of nitrogens with one attached hydrogen (secondary N) is 1. The summed E-state index contributed by atoms with van der Waals surface area (Å²) in [4.78, 5) is 14.3. The molecule has 1 amide bonds. The van der Waals surface area contributed by atoms with Crippen LogP contribution in [0.4, 0.5) is 19.4 Å². The molecule has 2 aromatic carbocycles. The Balaban J connectivity index is 1.60. The predicted octanol–water partition coefficient (Wildman–Crippen LogP) is 5.87. The van der Waals surface area contributed by atoms with Crippen LogP contribution >= 0.6 is 10.2 Å². The SMILES string of the molecule is COc1cc(C2CC(=O)NC3=NCC=C32)ccc1OCc1ccccc1S(F)(F)(F)(F)F. The van der Waals surface area contributed by atoms with Crippen molar-refractivity contribution in [3.8, 4) is 11.5 Å². The maximum Gasteiger partial charge on any atom is 0.310 e. The van der Waals surface area contributed by atoms with E-state index in [2.05, 4.69) is 10.3 Å². The smallest absolute Gasteiger partial charge is 0.310 e. The van der Waals surface area contributed by atoms with Crippen LogP contribution in [0.15, 0.2) is 64.0 Å². The molecule has 0 aromatic heterocycles. The van der Waals surface area contributed by atoms with Crippen LogP contribution in [0.3, 0.4) is 0 Å². The third kappa shape index (κ3) is 4.43. The second-order valence-electron chi connectivity index (χ2n) is 7.43. The number of methoxy groups -OCH3 is 1. The Kier molecular flexibility index (Phi) is 4.81. The second kappa shape index (κ2) is 6.96. The molecule has 0 saturated carbocycles. The number of hydrogen-bond acceptors (Lipinski definition) is 4. The third-order valence-electron chi connectivity index (χ3n) is 5.22. The minimum absolute atomic E-state index is 0.0859. The molecule has 1 fully saturated rings. The highest BCUT2D eigenvalue weighted by molar-refractivity contribution is 8.45. The number of hydrogen-bond donors (Lipinski definition) is 1. The lowest BCUT2D eigenvalue weighted by molar-refractivity contribution is -0.120. The summed E-state index contributed by atoms with van der Waals surface area (Å²) in [6.45, 7) is -0.267. The number of benzene rings is 2. The zero-order valence-corrected chi connectivity index (χ0v) is 17.6. The number of carbonyl (C=O) groups excluding carboxylic acids is 1. The van der Waals surface area contributed by atoms with Crippen LogP contribution in [0.2, 0.25) is 0 Å². The fraction of sp³-hybridized carbons (Fsp3) is 0.238. The topological polar surface area (TPSA) is 59.9 Å². The minimum atomic E-state index is -9.87. The Morgan fingerprint density at radius 2 is 1.84 bits per heavy atom. The van der Waals surface area contributed by atoms with Gasteiger partial charge < -0.3 is 14.8 Å². The van der Waals surface area contributed by atoms with Crippen molar-refractivity contribution < 1.29 is 33.7 Å². The van der Waals surface area contributed by atoms with Crippen LogP contribution in [-0.2, 0) is 11.4 Å². The molecule has 2 aromatic rings. The molecule has 2 aliphatic heterocycles. The summed E-state index contributed by atoms with van der Waals surface area (Å²) in [5.41, 5.74) is 0.932. The van der Waals surface area contributed by atoms with Gasteiger partial charge in [-0.3, -0.25) is 9.79 Å². The summed E-state index contributed by atoms with van der Waals surface area (Å²) >= 11 is 0. The second-order valence-corrected chi connectivity index (χ2v) is 9.81. The Morgan fingerprint density at radius 3 is 2.56 bits per heavy atom. The van der Waals surface area contributed by atoms with Crippen LogP contribution in [0.5, 0.6) is 11.5 Å². The summed E-state index contributed by atoms with van der Waals surface area (Å²) < 4.78 is 77.5. The summed E-state index contributed by atoms with van der Waals surface area (Å²) in [6.07, 6.45) is 2.11. The molecule has 4 rings (SSSR count). The Bertz CT molecular complexity index is 1160. The van der Waals surface area contributed by atoms with E-state index in [1.54, 1.807) is 12.1 Å². The molecule has 0 spiro atoms. The zero-order valence-electron chi connectivity index (χ0n) is 16.8. The quantitative estimate of drug-likeness (QED) is 0.533. The number of piperidine rings is 1. The van der Waals surface area contributed by atoms with Crippen molar-refractivity contribution in [2.45, 2.75) is 23.8 Å². The lowest BCUT2D eigenvalue weighted by Gasteiger charge is -2.41. The van der Waals surface area contributed by atoms with Crippen LogP contribution in [-0.4, -0.2) is 25.4 Å². The lowest BCUT2D eigenvalue weighted by Crippen LogP contribution is -2.38. The van der Waals surface area contributed by atoms with E-state index in [0.717, 1.165) is 23.3 Å². The zero-order chi connectivity index (χ0) is 23.2. The maximum absolute atomic E-state index is 13.3. The molecule has 0 aliphatic carbocycles. The summed E-state index contributed by atoms with van der Waals surface area (Å²) in [5, 5.41) is 2.72. The Hall–Kier alpha value is -3.08. The number of amides is 1. The molecule has 2 aliphatic rings. The predicted molar refractivity (Wildman–Crippen MR) is 111 cm³/mol. The fourth-order valence-corrected chi connectivity index (χ4v) is 4.75. The molecule has 0 radical (unpaired) electrons. The molecule has 1 atom stereocenters. The van der Waals surface area contributed by atoms with Gasteiger partial charge in [0, 0.05) is 23.5 Å². The van der Waals surface area contributed by atoms with E-state index in [1.807, 2.05) is 6.08 Å². The number of ether oxygens (including phenoxy) is 2. The molecular weight excluding hydrogens is 455 g/mol. The molecular formula is C21H19F5N2O3S. The van der Waals surface area contributed by atoms with Gasteiger partial charge in [-0.15, -0.1) is 0 Å². The molecule has 11 heteroatoms. The van der Waals surface area contributed by atoms with Crippen molar-refractivity contribution in [1.82, 2.24) is 5.32 Å².